The number of aryl methyl sites for hydroxylation is 2. The predicted molar refractivity (Wildman–Crippen MR) is 126 cm³/mol. The van der Waals surface area contributed by atoms with Crippen molar-refractivity contribution in [3.8, 4) is 0 Å². The lowest BCUT2D eigenvalue weighted by atomic mass is 10.1. The van der Waals surface area contributed by atoms with Crippen LogP contribution in [0.3, 0.4) is 0 Å². The van der Waals surface area contributed by atoms with Crippen molar-refractivity contribution in [1.29, 1.82) is 0 Å². The number of likely N-dealkylation sites (tertiary alicyclic amines) is 1. The van der Waals surface area contributed by atoms with Crippen LogP contribution in [0, 0.1) is 6.92 Å². The molecule has 1 aliphatic rings. The van der Waals surface area contributed by atoms with Crippen molar-refractivity contribution >= 4 is 37.5 Å². The van der Waals surface area contributed by atoms with E-state index >= 15 is 0 Å². The number of piperidine rings is 1. The standard InChI is InChI=1S/C23H27N3O4S2/c1-17-6-5-7-18(14-17)16-24-32(29,30)19-8-9-20-21(15-19)31-23(28)26(20)13-10-22(27)25-11-3-2-4-12-25/h5-9,14-15,24H,2-4,10-13,16H2,1H3. The average molecular weight is 474 g/mol. The van der Waals surface area contributed by atoms with Gasteiger partial charge in [-0.15, -0.1) is 0 Å². The zero-order valence-corrected chi connectivity index (χ0v) is 19.7. The fraction of sp³-hybridized carbons (Fsp3) is 0.391. The molecule has 1 N–H and O–H groups in total. The SMILES string of the molecule is Cc1cccc(CNS(=O)(=O)c2ccc3c(c2)sc(=O)n3CCC(=O)N2CCCCC2)c1. The van der Waals surface area contributed by atoms with Crippen molar-refractivity contribution < 1.29 is 13.2 Å². The first-order valence-corrected chi connectivity index (χ1v) is 13.1. The number of benzene rings is 2. The van der Waals surface area contributed by atoms with Crippen molar-refractivity contribution in [2.45, 2.75) is 50.6 Å². The summed E-state index contributed by atoms with van der Waals surface area (Å²) in [5.41, 5.74) is 2.60. The minimum atomic E-state index is -3.72. The number of sulfonamides is 1. The summed E-state index contributed by atoms with van der Waals surface area (Å²) in [5.74, 6) is 0.0653. The summed E-state index contributed by atoms with van der Waals surface area (Å²) in [6, 6.07) is 12.3. The van der Waals surface area contributed by atoms with Gasteiger partial charge in [0.1, 0.15) is 0 Å². The molecule has 3 aromatic rings. The van der Waals surface area contributed by atoms with Gasteiger partial charge in [0.25, 0.3) is 0 Å². The molecule has 1 amide bonds. The second-order valence-electron chi connectivity index (χ2n) is 8.15. The van der Waals surface area contributed by atoms with Gasteiger partial charge in [-0.2, -0.15) is 0 Å². The van der Waals surface area contributed by atoms with Crippen LogP contribution < -0.4 is 9.60 Å². The zero-order valence-electron chi connectivity index (χ0n) is 18.0. The van der Waals surface area contributed by atoms with Crippen LogP contribution in [-0.4, -0.2) is 36.9 Å². The molecular weight excluding hydrogens is 446 g/mol. The van der Waals surface area contributed by atoms with Gasteiger partial charge in [-0.05, 0) is 49.9 Å². The van der Waals surface area contributed by atoms with Gasteiger partial charge in [0, 0.05) is 32.6 Å². The number of carbonyl (C=O) groups is 1. The Morgan fingerprint density at radius 3 is 2.62 bits per heavy atom. The highest BCUT2D eigenvalue weighted by Gasteiger charge is 2.19. The molecule has 0 aliphatic carbocycles. The Bertz CT molecular complexity index is 1290. The van der Waals surface area contributed by atoms with Crippen LogP contribution in [-0.2, 0) is 27.9 Å². The quantitative estimate of drug-likeness (QED) is 0.571. The van der Waals surface area contributed by atoms with Gasteiger partial charge in [-0.25, -0.2) is 13.1 Å². The second-order valence-corrected chi connectivity index (χ2v) is 10.9. The van der Waals surface area contributed by atoms with Crippen LogP contribution in [0.25, 0.3) is 10.2 Å². The molecule has 9 heteroatoms. The van der Waals surface area contributed by atoms with Gasteiger partial charge in [-0.1, -0.05) is 41.2 Å². The third-order valence-corrected chi connectivity index (χ3v) is 8.10. The molecule has 1 aromatic heterocycles. The fourth-order valence-electron chi connectivity index (χ4n) is 4.02. The smallest absolute Gasteiger partial charge is 0.308 e. The first-order valence-electron chi connectivity index (χ1n) is 10.8. The summed E-state index contributed by atoms with van der Waals surface area (Å²) >= 11 is 1.00. The topological polar surface area (TPSA) is 88.5 Å². The molecule has 2 heterocycles. The van der Waals surface area contributed by atoms with E-state index in [0.717, 1.165) is 54.8 Å². The lowest BCUT2D eigenvalue weighted by molar-refractivity contribution is -0.132. The lowest BCUT2D eigenvalue weighted by Gasteiger charge is -2.26. The molecule has 0 spiro atoms. The van der Waals surface area contributed by atoms with Crippen molar-refractivity contribution in [3.05, 3.63) is 63.3 Å². The number of nitrogens with one attached hydrogen (secondary N) is 1. The van der Waals surface area contributed by atoms with Crippen LogP contribution in [0.5, 0.6) is 0 Å². The third kappa shape index (κ3) is 5.11. The first kappa shape index (κ1) is 22.7. The Balaban J connectivity index is 1.48. The van der Waals surface area contributed by atoms with E-state index in [1.54, 1.807) is 10.6 Å². The van der Waals surface area contributed by atoms with Crippen molar-refractivity contribution in [3.63, 3.8) is 0 Å². The molecule has 0 bridgehead atoms. The number of aromatic nitrogens is 1. The van der Waals surface area contributed by atoms with E-state index in [1.165, 1.54) is 12.1 Å². The molecule has 0 saturated carbocycles. The monoisotopic (exact) mass is 473 g/mol. The largest absolute Gasteiger partial charge is 0.343 e. The number of hydrogen-bond acceptors (Lipinski definition) is 5. The maximum absolute atomic E-state index is 12.8. The minimum Gasteiger partial charge on any atom is -0.343 e. The Kier molecular flexibility index (Phi) is 6.78. The summed E-state index contributed by atoms with van der Waals surface area (Å²) in [6.45, 7) is 4.02. The number of thiazole rings is 1. The van der Waals surface area contributed by atoms with Crippen molar-refractivity contribution in [2.24, 2.45) is 0 Å². The molecule has 0 atom stereocenters. The number of fused-ring (bicyclic) bond motifs is 1. The van der Waals surface area contributed by atoms with Gasteiger partial charge >= 0.3 is 4.87 Å². The van der Waals surface area contributed by atoms with E-state index < -0.39 is 10.0 Å². The highest BCUT2D eigenvalue weighted by atomic mass is 32.2. The number of hydrogen-bond donors (Lipinski definition) is 1. The van der Waals surface area contributed by atoms with Crippen LogP contribution in [0.15, 0.2) is 52.2 Å². The molecule has 1 fully saturated rings. The molecule has 0 unspecified atom stereocenters. The summed E-state index contributed by atoms with van der Waals surface area (Å²) in [4.78, 5) is 26.8. The van der Waals surface area contributed by atoms with Gasteiger partial charge in [-0.3, -0.25) is 14.2 Å². The molecule has 7 nitrogen and oxygen atoms in total. The normalized spacial score (nSPS) is 14.7. The zero-order chi connectivity index (χ0) is 22.7. The van der Waals surface area contributed by atoms with E-state index in [4.69, 9.17) is 0 Å². The number of amides is 1. The molecule has 4 rings (SSSR count). The molecule has 1 aliphatic heterocycles. The summed E-state index contributed by atoms with van der Waals surface area (Å²) in [6.07, 6.45) is 3.48. The summed E-state index contributed by atoms with van der Waals surface area (Å²) in [7, 11) is -3.72. The Morgan fingerprint density at radius 1 is 1.09 bits per heavy atom. The molecule has 2 aromatic carbocycles. The maximum Gasteiger partial charge on any atom is 0.308 e. The fourth-order valence-corrected chi connectivity index (χ4v) is 6.09. The summed E-state index contributed by atoms with van der Waals surface area (Å²) in [5, 5.41) is 0. The Labute approximate surface area is 191 Å². The molecule has 32 heavy (non-hydrogen) atoms. The van der Waals surface area contributed by atoms with E-state index in [2.05, 4.69) is 4.72 Å². The van der Waals surface area contributed by atoms with Gasteiger partial charge < -0.3 is 4.90 Å². The minimum absolute atomic E-state index is 0.0653. The molecule has 0 radical (unpaired) electrons. The first-order chi connectivity index (χ1) is 15.3. The van der Waals surface area contributed by atoms with E-state index in [1.807, 2.05) is 36.1 Å². The lowest BCUT2D eigenvalue weighted by Crippen LogP contribution is -2.36. The second kappa shape index (κ2) is 9.56. The van der Waals surface area contributed by atoms with Gasteiger partial charge in [0.2, 0.25) is 15.9 Å². The van der Waals surface area contributed by atoms with Crippen LogP contribution in [0.1, 0.15) is 36.8 Å². The van der Waals surface area contributed by atoms with Crippen molar-refractivity contribution in [1.82, 2.24) is 14.2 Å². The number of carbonyl (C=O) groups excluding carboxylic acids is 1. The van der Waals surface area contributed by atoms with Crippen LogP contribution >= 0.6 is 11.3 Å². The maximum atomic E-state index is 12.8. The van der Waals surface area contributed by atoms with Crippen molar-refractivity contribution in [2.75, 3.05) is 13.1 Å². The number of nitrogens with zero attached hydrogens (tertiary/aromatic N) is 2. The van der Waals surface area contributed by atoms with Crippen LogP contribution in [0.2, 0.25) is 0 Å². The molecule has 1 saturated heterocycles. The third-order valence-electron chi connectivity index (χ3n) is 5.76. The Hall–Kier alpha value is -2.49. The van der Waals surface area contributed by atoms with Gasteiger partial charge in [0.15, 0.2) is 0 Å². The number of rotatable bonds is 7. The van der Waals surface area contributed by atoms with Gasteiger partial charge in [0.05, 0.1) is 15.1 Å². The highest BCUT2D eigenvalue weighted by molar-refractivity contribution is 7.89. The predicted octanol–water partition coefficient (Wildman–Crippen LogP) is 3.25. The summed E-state index contributed by atoms with van der Waals surface area (Å²) < 4.78 is 30.3. The highest BCUT2D eigenvalue weighted by Crippen LogP contribution is 2.22. The van der Waals surface area contributed by atoms with Crippen LogP contribution in [0.4, 0.5) is 0 Å². The average Bonchev–Trinajstić information content (AvgIpc) is 3.11. The Morgan fingerprint density at radius 2 is 1.88 bits per heavy atom. The van der Waals surface area contributed by atoms with E-state index in [9.17, 15) is 18.0 Å². The molecular formula is C23H27N3O4S2. The van der Waals surface area contributed by atoms with E-state index in [-0.39, 0.29) is 28.6 Å². The molecule has 170 valence electrons. The van der Waals surface area contributed by atoms with E-state index in [0.29, 0.717) is 16.8 Å².